The van der Waals surface area contributed by atoms with Gasteiger partial charge in [0.05, 0.1) is 26.4 Å². The van der Waals surface area contributed by atoms with E-state index in [2.05, 4.69) is 11.1 Å². The van der Waals surface area contributed by atoms with Crippen molar-refractivity contribution in [2.75, 3.05) is 26.9 Å². The van der Waals surface area contributed by atoms with Gasteiger partial charge in [-0.1, -0.05) is 42.5 Å². The second kappa shape index (κ2) is 12.9. The molecule has 0 bridgehead atoms. The van der Waals surface area contributed by atoms with Crippen LogP contribution < -0.4 is 0 Å². The summed E-state index contributed by atoms with van der Waals surface area (Å²) in [6.45, 7) is 9.75. The van der Waals surface area contributed by atoms with Gasteiger partial charge >= 0.3 is 12.1 Å². The van der Waals surface area contributed by atoms with Crippen LogP contribution in [-0.4, -0.2) is 71.7 Å². The first kappa shape index (κ1) is 31.6. The molecule has 1 aromatic heterocycles. The normalized spacial score (nSPS) is 21.2. The molecule has 0 N–H and O–H groups in total. The number of halogens is 1. The molecule has 1 unspecified atom stereocenters. The van der Waals surface area contributed by atoms with E-state index in [-0.39, 0.29) is 13.0 Å². The molecule has 8 nitrogen and oxygen atoms in total. The van der Waals surface area contributed by atoms with Gasteiger partial charge in [-0.15, -0.1) is 0 Å². The number of likely N-dealkylation sites (N-methyl/N-ethyl adjacent to an activating group) is 1. The minimum atomic E-state index is -1.72. The number of hydrogen-bond acceptors (Lipinski definition) is 7. The number of carbonyl (C=O) groups excluding carboxylic acids is 2. The van der Waals surface area contributed by atoms with Crippen LogP contribution in [0.3, 0.4) is 0 Å². The largest absolute Gasteiger partial charge is 0.458 e. The van der Waals surface area contributed by atoms with E-state index >= 15 is 4.39 Å². The molecule has 3 atom stereocenters. The van der Waals surface area contributed by atoms with Crippen LogP contribution in [0.4, 0.5) is 9.18 Å². The molecular weight excluding hydrogens is 539 g/mol. The van der Waals surface area contributed by atoms with Gasteiger partial charge in [0, 0.05) is 31.3 Å². The Kier molecular flexibility index (Phi) is 9.73. The number of hydrogen-bond donors (Lipinski definition) is 0. The molecule has 0 saturated heterocycles. The van der Waals surface area contributed by atoms with Crippen molar-refractivity contribution in [3.63, 3.8) is 0 Å². The maximum Gasteiger partial charge on any atom is 0.411 e. The summed E-state index contributed by atoms with van der Waals surface area (Å²) in [5.74, 6) is -1.42. The maximum absolute atomic E-state index is 15.2. The zero-order valence-electron chi connectivity index (χ0n) is 25.5. The second-order valence-electron chi connectivity index (χ2n) is 12.6. The highest BCUT2D eigenvalue weighted by atomic mass is 19.1. The smallest absolute Gasteiger partial charge is 0.411 e. The lowest BCUT2D eigenvalue weighted by atomic mass is 9.99. The SMILES string of the molecule is CN(C(=O)OC(C)(C)C)C1(C(=O)O[C@@H](COCc2ccccc2)Cc2ccc(C3=CCOCC3)cn2)C[C@H]1C(C)(C)F. The quantitative estimate of drug-likeness (QED) is 0.304. The summed E-state index contributed by atoms with van der Waals surface area (Å²) >= 11 is 0. The van der Waals surface area contributed by atoms with Crippen LogP contribution in [0.25, 0.3) is 5.57 Å². The molecule has 1 aliphatic heterocycles. The van der Waals surface area contributed by atoms with Crippen LogP contribution in [0.1, 0.15) is 64.3 Å². The number of esters is 1. The number of rotatable bonds is 11. The van der Waals surface area contributed by atoms with Crippen molar-refractivity contribution in [2.24, 2.45) is 5.92 Å². The van der Waals surface area contributed by atoms with Gasteiger partial charge in [-0.2, -0.15) is 0 Å². The number of nitrogens with zero attached hydrogens (tertiary/aromatic N) is 2. The Hall–Kier alpha value is -3.30. The topological polar surface area (TPSA) is 87.2 Å². The van der Waals surface area contributed by atoms with Gasteiger partial charge < -0.3 is 18.9 Å². The third-order valence-electron chi connectivity index (χ3n) is 7.66. The molecule has 2 aromatic rings. The number of aromatic nitrogens is 1. The van der Waals surface area contributed by atoms with E-state index in [1.165, 1.54) is 31.4 Å². The number of pyridine rings is 1. The van der Waals surface area contributed by atoms with Crippen molar-refractivity contribution in [3.8, 4) is 0 Å². The van der Waals surface area contributed by atoms with Crippen molar-refractivity contribution >= 4 is 17.6 Å². The molecule has 228 valence electrons. The van der Waals surface area contributed by atoms with Gasteiger partial charge in [-0.25, -0.2) is 14.0 Å². The highest BCUT2D eigenvalue weighted by molar-refractivity contribution is 5.90. The fraction of sp³-hybridized carbons (Fsp3) is 0.545. The lowest BCUT2D eigenvalue weighted by Crippen LogP contribution is -2.51. The van der Waals surface area contributed by atoms with E-state index in [1.807, 2.05) is 48.7 Å². The summed E-state index contributed by atoms with van der Waals surface area (Å²) in [6.07, 6.45) is 3.71. The first-order valence-electron chi connectivity index (χ1n) is 14.5. The van der Waals surface area contributed by atoms with Crippen molar-refractivity contribution < 1.29 is 32.9 Å². The molecule has 2 aliphatic rings. The predicted octanol–water partition coefficient (Wildman–Crippen LogP) is 5.93. The Morgan fingerprint density at radius 2 is 1.88 bits per heavy atom. The molecule has 4 rings (SSSR count). The van der Waals surface area contributed by atoms with Gasteiger partial charge in [-0.05, 0) is 70.2 Å². The summed E-state index contributed by atoms with van der Waals surface area (Å²) in [6, 6.07) is 13.6. The standard InChI is InChI=1S/C33H43FN2O6/c1-31(2,3)42-30(38)36(6)33(19-28(33)32(4,5)34)29(37)41-27(22-40-21-23-10-8-7-9-11-23)18-26-13-12-25(20-35-26)24-14-16-39-17-15-24/h7-14,20,27-28H,15-19,21-22H2,1-6H3/t27-,28+,33?/m1/s1. The zero-order valence-corrected chi connectivity index (χ0v) is 25.5. The Morgan fingerprint density at radius 3 is 2.45 bits per heavy atom. The average molecular weight is 583 g/mol. The molecule has 42 heavy (non-hydrogen) atoms. The van der Waals surface area contributed by atoms with Gasteiger partial charge in [0.1, 0.15) is 22.9 Å². The molecule has 2 heterocycles. The Morgan fingerprint density at radius 1 is 1.14 bits per heavy atom. The van der Waals surface area contributed by atoms with E-state index in [4.69, 9.17) is 18.9 Å². The third kappa shape index (κ3) is 7.95. The Bertz CT molecular complexity index is 1250. The first-order chi connectivity index (χ1) is 19.8. The van der Waals surface area contributed by atoms with E-state index in [0.717, 1.165) is 23.2 Å². The summed E-state index contributed by atoms with van der Waals surface area (Å²) in [4.78, 5) is 32.7. The predicted molar refractivity (Wildman–Crippen MR) is 157 cm³/mol. The molecule has 9 heteroatoms. The number of ether oxygens (including phenoxy) is 4. The fourth-order valence-corrected chi connectivity index (χ4v) is 5.32. The van der Waals surface area contributed by atoms with Gasteiger partial charge in [0.15, 0.2) is 0 Å². The molecular formula is C33H43FN2O6. The average Bonchev–Trinajstić information content (AvgIpc) is 3.71. The highest BCUT2D eigenvalue weighted by Crippen LogP contribution is 2.56. The molecule has 1 fully saturated rings. The van der Waals surface area contributed by atoms with Crippen LogP contribution in [0, 0.1) is 5.92 Å². The number of amides is 1. The van der Waals surface area contributed by atoms with Crippen LogP contribution >= 0.6 is 0 Å². The zero-order chi connectivity index (χ0) is 30.5. The third-order valence-corrected chi connectivity index (χ3v) is 7.66. The molecule has 1 saturated carbocycles. The molecule has 0 spiro atoms. The van der Waals surface area contributed by atoms with Gasteiger partial charge in [0.25, 0.3) is 0 Å². The van der Waals surface area contributed by atoms with Crippen molar-refractivity contribution in [3.05, 3.63) is 71.6 Å². The Balaban J connectivity index is 1.52. The number of carbonyl (C=O) groups is 2. The minimum Gasteiger partial charge on any atom is -0.458 e. The van der Waals surface area contributed by atoms with Crippen LogP contribution in [0.15, 0.2) is 54.7 Å². The van der Waals surface area contributed by atoms with Crippen LogP contribution in [0.2, 0.25) is 0 Å². The molecule has 1 aromatic carbocycles. The lowest BCUT2D eigenvalue weighted by Gasteiger charge is -2.33. The monoisotopic (exact) mass is 582 g/mol. The lowest BCUT2D eigenvalue weighted by molar-refractivity contribution is -0.161. The van der Waals surface area contributed by atoms with Crippen molar-refractivity contribution in [1.29, 1.82) is 0 Å². The first-order valence-corrected chi connectivity index (χ1v) is 14.5. The van der Waals surface area contributed by atoms with Gasteiger partial charge in [0.2, 0.25) is 0 Å². The van der Waals surface area contributed by atoms with E-state index in [9.17, 15) is 9.59 Å². The van der Waals surface area contributed by atoms with Crippen LogP contribution in [0.5, 0.6) is 0 Å². The molecule has 0 radical (unpaired) electrons. The van der Waals surface area contributed by atoms with E-state index < -0.39 is 40.9 Å². The minimum absolute atomic E-state index is 0.0997. The summed E-state index contributed by atoms with van der Waals surface area (Å²) in [5.41, 5.74) is -0.0541. The summed E-state index contributed by atoms with van der Waals surface area (Å²) < 4.78 is 38.2. The number of alkyl halides is 1. The van der Waals surface area contributed by atoms with Gasteiger partial charge in [-0.3, -0.25) is 9.88 Å². The maximum atomic E-state index is 15.2. The summed E-state index contributed by atoms with van der Waals surface area (Å²) in [5, 5.41) is 0. The number of benzene rings is 1. The Labute approximate surface area is 248 Å². The van der Waals surface area contributed by atoms with Crippen molar-refractivity contribution in [1.82, 2.24) is 9.88 Å². The van der Waals surface area contributed by atoms with Crippen molar-refractivity contribution in [2.45, 2.75) is 83.4 Å². The summed E-state index contributed by atoms with van der Waals surface area (Å²) in [7, 11) is 1.47. The van der Waals surface area contributed by atoms with E-state index in [0.29, 0.717) is 26.2 Å². The van der Waals surface area contributed by atoms with E-state index in [1.54, 1.807) is 20.8 Å². The second-order valence-corrected chi connectivity index (χ2v) is 12.6. The van der Waals surface area contributed by atoms with Crippen LogP contribution in [-0.2, 0) is 36.8 Å². The highest BCUT2D eigenvalue weighted by Gasteiger charge is 2.71. The molecule has 1 amide bonds. The molecule has 1 aliphatic carbocycles. The fourth-order valence-electron chi connectivity index (χ4n) is 5.32.